The Labute approximate surface area is 312 Å². The molecule has 4 aromatic heterocycles. The molecule has 0 saturated carbocycles. The van der Waals surface area contributed by atoms with Gasteiger partial charge < -0.3 is 43.6 Å². The molecule has 0 saturated heterocycles. The summed E-state index contributed by atoms with van der Waals surface area (Å²) in [6.45, 7) is 4.23. The van der Waals surface area contributed by atoms with Crippen molar-refractivity contribution in [2.24, 2.45) is 0 Å². The Bertz CT molecular complexity index is 2270. The molecule has 16 heteroatoms. The Morgan fingerprint density at radius 2 is 0.846 bits per heavy atom. The van der Waals surface area contributed by atoms with E-state index in [0.717, 1.165) is 80.6 Å². The highest BCUT2D eigenvalue weighted by atomic mass is 32.1. The first kappa shape index (κ1) is 32.7. The maximum absolute atomic E-state index is 10.9. The topological polar surface area (TPSA) is 143 Å². The number of benzene rings is 2. The van der Waals surface area contributed by atoms with Crippen molar-refractivity contribution in [2.75, 3.05) is 58.6 Å². The van der Waals surface area contributed by atoms with Crippen LogP contribution in [-0.2, 0) is 0 Å². The number of nitrogens with zero attached hydrogens (tertiary/aromatic N) is 1. The van der Waals surface area contributed by atoms with Gasteiger partial charge in [-0.2, -0.15) is 0 Å². The lowest BCUT2D eigenvalue weighted by Crippen LogP contribution is -2.15. The molecule has 0 atom stereocenters. The van der Waals surface area contributed by atoms with Gasteiger partial charge in [0.2, 0.25) is 0 Å². The Morgan fingerprint density at radius 3 is 1.27 bits per heavy atom. The summed E-state index contributed by atoms with van der Waals surface area (Å²) in [4.78, 5) is 16.4. The van der Waals surface area contributed by atoms with Crippen LogP contribution in [-0.4, -0.2) is 57.8 Å². The van der Waals surface area contributed by atoms with Gasteiger partial charge in [0.25, 0.3) is 5.69 Å². The molecular weight excluding hydrogens is 749 g/mol. The van der Waals surface area contributed by atoms with Crippen molar-refractivity contribution >= 4 is 56.7 Å². The van der Waals surface area contributed by atoms with E-state index >= 15 is 0 Å². The van der Waals surface area contributed by atoms with E-state index in [9.17, 15) is 10.1 Å². The molecule has 2 N–H and O–H groups in total. The SMILES string of the molecule is Nc1ccc(-c2sc(-c3scc4c3OCCO4)c3c2OCCO3)cc1.O=[N+]([O-])c1ccc(-c2sc(-c3scc4c3OCCO4)c3c2OCCO3)cc1. The van der Waals surface area contributed by atoms with Crippen molar-refractivity contribution in [2.45, 2.75) is 0 Å². The summed E-state index contributed by atoms with van der Waals surface area (Å²) in [7, 11) is 0. The van der Waals surface area contributed by atoms with Gasteiger partial charge in [-0.1, -0.05) is 12.1 Å². The van der Waals surface area contributed by atoms with Crippen molar-refractivity contribution in [3.8, 4) is 86.4 Å². The Hall–Kier alpha value is -5.16. The highest BCUT2D eigenvalue weighted by Crippen LogP contribution is 2.60. The standard InChI is InChI=1S/C18H13NO6S2.C18H15NO4S2/c20-19(21)11-3-1-10(2-4-11)16-14-15(25-8-7-24-14)18(27-16)17-13-12(9-26-17)22-5-6-23-13;19-11-3-1-10(2-4-11)16-14-15(23-8-7-22-14)18(25-16)17-13-12(9-24-17)20-5-6-21-13/h1-4,9H,5-8H2;1-4,9H,5-8,19H2. The minimum absolute atomic E-state index is 0.0550. The number of anilines is 1. The van der Waals surface area contributed by atoms with E-state index in [1.54, 1.807) is 46.1 Å². The quantitative estimate of drug-likeness (QED) is 0.102. The molecule has 8 heterocycles. The lowest BCUT2D eigenvalue weighted by molar-refractivity contribution is -0.384. The predicted molar refractivity (Wildman–Crippen MR) is 201 cm³/mol. The van der Waals surface area contributed by atoms with Crippen molar-refractivity contribution in [3.05, 3.63) is 69.4 Å². The summed E-state index contributed by atoms with van der Waals surface area (Å²) in [5.74, 6) is 6.05. The third kappa shape index (κ3) is 5.90. The van der Waals surface area contributed by atoms with Crippen LogP contribution in [0, 0.1) is 10.1 Å². The van der Waals surface area contributed by atoms with Crippen LogP contribution in [0.5, 0.6) is 46.0 Å². The minimum atomic E-state index is -0.409. The second-order valence-corrected chi connectivity index (χ2v) is 15.4. The normalized spacial score (nSPS) is 15.0. The number of hydrogen-bond donors (Lipinski definition) is 1. The van der Waals surface area contributed by atoms with Crippen LogP contribution in [0.1, 0.15) is 0 Å². The molecular formula is C36H28N2O10S4. The van der Waals surface area contributed by atoms with Gasteiger partial charge in [0.1, 0.15) is 52.9 Å². The average molecular weight is 777 g/mol. The molecule has 0 radical (unpaired) electrons. The fourth-order valence-electron chi connectivity index (χ4n) is 5.99. The van der Waals surface area contributed by atoms with Gasteiger partial charge >= 0.3 is 0 Å². The van der Waals surface area contributed by atoms with Crippen LogP contribution < -0.4 is 43.6 Å². The fraction of sp³-hybridized carbons (Fsp3) is 0.222. The number of fused-ring (bicyclic) bond motifs is 4. The van der Waals surface area contributed by atoms with Gasteiger partial charge in [-0.15, -0.1) is 45.3 Å². The summed E-state index contributed by atoms with van der Waals surface area (Å²) < 4.78 is 46.7. The molecule has 0 fully saturated rings. The summed E-state index contributed by atoms with van der Waals surface area (Å²) in [6, 6.07) is 14.3. The Balaban J connectivity index is 0.000000139. The summed E-state index contributed by atoms with van der Waals surface area (Å²) >= 11 is 6.33. The molecule has 4 aliphatic heterocycles. The largest absolute Gasteiger partial charge is 0.485 e. The van der Waals surface area contributed by atoms with E-state index in [4.69, 9.17) is 43.6 Å². The van der Waals surface area contributed by atoms with Crippen LogP contribution >= 0.6 is 45.3 Å². The third-order valence-electron chi connectivity index (χ3n) is 8.33. The first-order valence-electron chi connectivity index (χ1n) is 16.2. The molecule has 0 spiro atoms. The van der Waals surface area contributed by atoms with Crippen molar-refractivity contribution in [1.82, 2.24) is 0 Å². The first-order valence-corrected chi connectivity index (χ1v) is 19.6. The molecule has 266 valence electrons. The highest BCUT2D eigenvalue weighted by Gasteiger charge is 2.32. The van der Waals surface area contributed by atoms with Crippen LogP contribution in [0.2, 0.25) is 0 Å². The zero-order chi connectivity index (χ0) is 35.2. The van der Waals surface area contributed by atoms with Gasteiger partial charge in [-0.05, 0) is 35.4 Å². The van der Waals surface area contributed by atoms with Crippen molar-refractivity contribution in [3.63, 3.8) is 0 Å². The smallest absolute Gasteiger partial charge is 0.269 e. The second kappa shape index (κ2) is 13.8. The number of nitro groups is 1. The van der Waals surface area contributed by atoms with Crippen molar-refractivity contribution in [1.29, 1.82) is 0 Å². The predicted octanol–water partition coefficient (Wildman–Crippen LogP) is 8.86. The number of nitrogen functional groups attached to an aromatic ring is 1. The van der Waals surface area contributed by atoms with Crippen LogP contribution in [0.3, 0.4) is 0 Å². The van der Waals surface area contributed by atoms with Crippen LogP contribution in [0.4, 0.5) is 11.4 Å². The van der Waals surface area contributed by atoms with E-state index in [0.29, 0.717) is 64.4 Å². The van der Waals surface area contributed by atoms with Gasteiger partial charge in [0.05, 0.1) is 34.2 Å². The molecule has 12 nitrogen and oxygen atoms in total. The number of non-ortho nitro benzene ring substituents is 1. The zero-order valence-corrected chi connectivity index (χ0v) is 30.4. The number of thiophene rings is 4. The van der Waals surface area contributed by atoms with Gasteiger partial charge in [0, 0.05) is 28.6 Å². The van der Waals surface area contributed by atoms with E-state index in [2.05, 4.69) is 0 Å². The number of nitrogens with two attached hydrogens (primary N) is 1. The zero-order valence-electron chi connectivity index (χ0n) is 27.2. The number of nitro benzene ring substituents is 1. The fourth-order valence-corrected chi connectivity index (χ4v) is 10.5. The maximum Gasteiger partial charge on any atom is 0.269 e. The average Bonchev–Trinajstić information content (AvgIpc) is 3.98. The van der Waals surface area contributed by atoms with Gasteiger partial charge in [0.15, 0.2) is 46.0 Å². The maximum atomic E-state index is 10.9. The number of ether oxygens (including phenoxy) is 8. The molecule has 6 aromatic rings. The van der Waals surface area contributed by atoms with Crippen LogP contribution in [0.15, 0.2) is 59.3 Å². The first-order chi connectivity index (χ1) is 25.5. The molecule has 10 rings (SSSR count). The van der Waals surface area contributed by atoms with E-state index in [-0.39, 0.29) is 5.69 Å². The number of hydrogen-bond acceptors (Lipinski definition) is 15. The minimum Gasteiger partial charge on any atom is -0.485 e. The molecule has 0 aliphatic carbocycles. The van der Waals surface area contributed by atoms with E-state index < -0.39 is 4.92 Å². The molecule has 0 amide bonds. The second-order valence-electron chi connectivity index (χ2n) is 11.6. The molecule has 0 unspecified atom stereocenters. The Kier molecular flexibility index (Phi) is 8.66. The van der Waals surface area contributed by atoms with Gasteiger partial charge in [-0.3, -0.25) is 10.1 Å². The lowest BCUT2D eigenvalue weighted by atomic mass is 10.1. The van der Waals surface area contributed by atoms with Crippen LogP contribution in [0.25, 0.3) is 40.4 Å². The summed E-state index contributed by atoms with van der Waals surface area (Å²) in [6.07, 6.45) is 0. The molecule has 2 aromatic carbocycles. The third-order valence-corrected chi connectivity index (χ3v) is 12.9. The molecule has 0 bridgehead atoms. The monoisotopic (exact) mass is 776 g/mol. The Morgan fingerprint density at radius 1 is 0.481 bits per heavy atom. The van der Waals surface area contributed by atoms with Gasteiger partial charge in [-0.25, -0.2) is 0 Å². The lowest BCUT2D eigenvalue weighted by Gasteiger charge is -2.18. The molecule has 4 aliphatic rings. The van der Waals surface area contributed by atoms with E-state index in [1.807, 2.05) is 35.0 Å². The molecule has 52 heavy (non-hydrogen) atoms. The number of rotatable bonds is 5. The summed E-state index contributed by atoms with van der Waals surface area (Å²) in [5.41, 5.74) is 8.53. The van der Waals surface area contributed by atoms with E-state index in [1.165, 1.54) is 23.5 Å². The summed E-state index contributed by atoms with van der Waals surface area (Å²) in [5, 5.41) is 14.8. The highest BCUT2D eigenvalue weighted by molar-refractivity contribution is 7.25. The van der Waals surface area contributed by atoms with Crippen molar-refractivity contribution < 1.29 is 42.8 Å².